The van der Waals surface area contributed by atoms with Crippen LogP contribution in [0.3, 0.4) is 0 Å². The molecule has 0 radical (unpaired) electrons. The third kappa shape index (κ3) is 25.4. The summed E-state index contributed by atoms with van der Waals surface area (Å²) in [7, 11) is 0. The van der Waals surface area contributed by atoms with Gasteiger partial charge in [-0.05, 0) is 6.42 Å². The first-order valence-corrected chi connectivity index (χ1v) is 12.0. The molecule has 0 bridgehead atoms. The summed E-state index contributed by atoms with van der Waals surface area (Å²) in [5, 5.41) is 8.52. The predicted molar refractivity (Wildman–Crippen MR) is 98.8 cm³/mol. The second-order valence-electron chi connectivity index (χ2n) is 6.09. The third-order valence-electron chi connectivity index (χ3n) is 3.99. The van der Waals surface area contributed by atoms with E-state index in [1.165, 1.54) is 111 Å². The van der Waals surface area contributed by atoms with Gasteiger partial charge in [0, 0.05) is 6.42 Å². The van der Waals surface area contributed by atoms with E-state index in [0.717, 1.165) is 12.8 Å². The Morgan fingerprint density at radius 3 is 1.18 bits per heavy atom. The van der Waals surface area contributed by atoms with E-state index in [4.69, 9.17) is 5.11 Å². The Labute approximate surface area is 157 Å². The quantitative estimate of drug-likeness (QED) is 0.259. The summed E-state index contributed by atoms with van der Waals surface area (Å²) in [5.41, 5.74) is 0. The number of carboxylic acids is 1. The number of aliphatic carboxylic acids is 1. The van der Waals surface area contributed by atoms with Crippen molar-refractivity contribution in [2.24, 2.45) is 0 Å². The third-order valence-corrected chi connectivity index (χ3v) is 3.99. The van der Waals surface area contributed by atoms with Gasteiger partial charge in [-0.15, -0.1) is 0 Å². The van der Waals surface area contributed by atoms with E-state index in [2.05, 4.69) is 11.1 Å². The zero-order valence-electron chi connectivity index (χ0n) is 15.7. The Morgan fingerprint density at radius 2 is 0.909 bits per heavy atom. The number of carbonyl (C=O) groups is 1. The molecule has 1 N–H and O–H groups in total. The zero-order valence-corrected chi connectivity index (χ0v) is 17.7. The van der Waals surface area contributed by atoms with E-state index < -0.39 is 5.97 Å². The number of unbranched alkanes of at least 4 members (excludes halogenated alkanes) is 14. The fourth-order valence-corrected chi connectivity index (χ4v) is 2.65. The average Bonchev–Trinajstić information content (AvgIpc) is 2.53. The molecule has 0 aromatic heterocycles. The van der Waals surface area contributed by atoms with Crippen molar-refractivity contribution >= 4 is 33.9 Å². The van der Waals surface area contributed by atoms with Gasteiger partial charge in [0.1, 0.15) is 0 Å². The summed E-state index contributed by atoms with van der Waals surface area (Å²) < 4.78 is 2.14. The molecule has 128 valence electrons. The second-order valence-corrected chi connectivity index (χ2v) is 6.09. The van der Waals surface area contributed by atoms with Gasteiger partial charge in [-0.25, -0.2) is 0 Å². The number of hydrogen-bond donors (Lipinski definition) is 1. The summed E-state index contributed by atoms with van der Waals surface area (Å²) >= 11 is 1.31. The van der Waals surface area contributed by atoms with Gasteiger partial charge in [-0.3, -0.25) is 4.79 Å². The predicted octanol–water partition coefficient (Wildman–Crippen LogP) is 6.54. The maximum atomic E-state index is 10.3. The van der Waals surface area contributed by atoms with Gasteiger partial charge in [0.05, 0.1) is 0 Å². The molecular formula is C19H39NaO2. The molecule has 0 saturated heterocycles. The minimum atomic E-state index is -0.653. The number of carboxylic acid groups (broad SMARTS) is 1. The average molecular weight is 323 g/mol. The van der Waals surface area contributed by atoms with Gasteiger partial charge in [-0.2, -0.15) is 0 Å². The molecule has 0 fully saturated rings. The SMILES string of the molecule is CCCCCCCCCCCCCCCCCC(=O)O.[CH3][Na]. The molecule has 0 aliphatic carbocycles. The Hall–Kier alpha value is 0.470. The molecule has 0 rings (SSSR count). The fourth-order valence-electron chi connectivity index (χ4n) is 2.65. The molecule has 0 atom stereocenters. The Bertz CT molecular complexity index is 208. The van der Waals surface area contributed by atoms with Gasteiger partial charge in [0.25, 0.3) is 0 Å². The van der Waals surface area contributed by atoms with E-state index in [1.54, 1.807) is 0 Å². The van der Waals surface area contributed by atoms with Crippen LogP contribution in [0.25, 0.3) is 0 Å². The normalized spacial score (nSPS) is 10.2. The molecule has 0 unspecified atom stereocenters. The van der Waals surface area contributed by atoms with Crippen LogP contribution in [0.1, 0.15) is 110 Å². The van der Waals surface area contributed by atoms with E-state index in [0.29, 0.717) is 6.42 Å². The molecule has 0 amide bonds. The molecule has 22 heavy (non-hydrogen) atoms. The molecule has 0 aromatic rings. The fraction of sp³-hybridized carbons (Fsp3) is 0.947. The van der Waals surface area contributed by atoms with Crippen LogP contribution in [0.15, 0.2) is 0 Å². The Balaban J connectivity index is 0. The van der Waals surface area contributed by atoms with Crippen LogP contribution in [0.5, 0.6) is 0 Å². The molecule has 0 aliphatic rings. The molecule has 0 spiro atoms. The summed E-state index contributed by atoms with van der Waals surface area (Å²) in [5.74, 6) is -0.653. The summed E-state index contributed by atoms with van der Waals surface area (Å²) in [6.07, 6.45) is 20.2. The molecule has 0 saturated carbocycles. The molecule has 0 heterocycles. The van der Waals surface area contributed by atoms with E-state index in [1.807, 2.05) is 0 Å². The second kappa shape index (κ2) is 23.7. The van der Waals surface area contributed by atoms with Crippen molar-refractivity contribution in [3.05, 3.63) is 0 Å². The van der Waals surface area contributed by atoms with Crippen LogP contribution in [0, 0.1) is 0 Å². The monoisotopic (exact) mass is 322 g/mol. The van der Waals surface area contributed by atoms with Crippen molar-refractivity contribution < 1.29 is 9.90 Å². The summed E-state index contributed by atoms with van der Waals surface area (Å²) in [4.78, 5) is 10.3. The van der Waals surface area contributed by atoms with Crippen LogP contribution in [-0.2, 0) is 4.79 Å². The van der Waals surface area contributed by atoms with Crippen molar-refractivity contribution in [1.29, 1.82) is 0 Å². The van der Waals surface area contributed by atoms with Gasteiger partial charge < -0.3 is 5.11 Å². The van der Waals surface area contributed by atoms with E-state index in [9.17, 15) is 4.79 Å². The van der Waals surface area contributed by atoms with Crippen molar-refractivity contribution in [3.63, 3.8) is 0 Å². The van der Waals surface area contributed by atoms with Gasteiger partial charge in [-0.1, -0.05) is 96.8 Å². The van der Waals surface area contributed by atoms with Crippen molar-refractivity contribution in [2.75, 3.05) is 0 Å². The standard InChI is InChI=1S/C18H36O2.CH3.Na/c1-2-3-4-5-6-7-8-9-10-11-12-13-14-15-16-17-18(19)20;;/h2-17H2,1H3,(H,19,20);1H3;. The summed E-state index contributed by atoms with van der Waals surface area (Å²) in [6, 6.07) is 0. The van der Waals surface area contributed by atoms with Crippen LogP contribution in [0.2, 0.25) is 4.17 Å². The first-order chi connectivity index (χ1) is 10.8. The Kier molecular flexibility index (Phi) is 26.7. The molecule has 3 heteroatoms. The van der Waals surface area contributed by atoms with E-state index in [-0.39, 0.29) is 0 Å². The summed E-state index contributed by atoms with van der Waals surface area (Å²) in [6.45, 7) is 2.27. The van der Waals surface area contributed by atoms with Crippen molar-refractivity contribution in [1.82, 2.24) is 0 Å². The first-order valence-electron chi connectivity index (χ1n) is 9.99. The minimum absolute atomic E-state index is 0.345. The van der Waals surface area contributed by atoms with Crippen LogP contribution in [-0.4, -0.2) is 39.0 Å². The maximum absolute atomic E-state index is 10.3. The Morgan fingerprint density at radius 1 is 0.636 bits per heavy atom. The number of hydrogen-bond acceptors (Lipinski definition) is 1. The first kappa shape index (κ1) is 24.7. The molecule has 0 aromatic carbocycles. The van der Waals surface area contributed by atoms with Gasteiger partial charge in [0.2, 0.25) is 0 Å². The van der Waals surface area contributed by atoms with Crippen molar-refractivity contribution in [2.45, 2.75) is 114 Å². The molecule has 0 aliphatic heterocycles. The van der Waals surface area contributed by atoms with Gasteiger partial charge >= 0.3 is 38.1 Å². The van der Waals surface area contributed by atoms with Crippen LogP contribution >= 0.6 is 0 Å². The number of rotatable bonds is 16. The van der Waals surface area contributed by atoms with Crippen LogP contribution in [0.4, 0.5) is 0 Å². The zero-order chi connectivity index (χ0) is 16.9. The molecular weight excluding hydrogens is 283 g/mol. The molecule has 2 nitrogen and oxygen atoms in total. The van der Waals surface area contributed by atoms with Crippen molar-refractivity contribution in [3.8, 4) is 0 Å². The topological polar surface area (TPSA) is 37.3 Å². The van der Waals surface area contributed by atoms with E-state index >= 15 is 0 Å². The van der Waals surface area contributed by atoms with Gasteiger partial charge in [0.15, 0.2) is 0 Å². The van der Waals surface area contributed by atoms with Crippen LogP contribution < -0.4 is 0 Å².